The van der Waals surface area contributed by atoms with E-state index in [1.807, 2.05) is 27.7 Å². The van der Waals surface area contributed by atoms with Gasteiger partial charge in [-0.15, -0.1) is 4.57 Å². The summed E-state index contributed by atoms with van der Waals surface area (Å²) in [4.78, 5) is 10.2. The molecule has 5 aromatic carbocycles. The number of fused-ring (bicyclic) bond motifs is 2. The second-order valence-corrected chi connectivity index (χ2v) is 16.6. The molecule has 0 atom stereocenters. The topological polar surface area (TPSA) is 122 Å². The highest BCUT2D eigenvalue weighted by atomic mass is 15.0. The molecule has 0 saturated carbocycles. The average Bonchev–Trinajstić information content (AvgIpc) is 3.27. The van der Waals surface area contributed by atoms with E-state index in [0.717, 1.165) is 86.9 Å². The van der Waals surface area contributed by atoms with E-state index < -0.39 is 0 Å². The van der Waals surface area contributed by atoms with Gasteiger partial charge in [0.2, 0.25) is 16.7 Å². The van der Waals surface area contributed by atoms with Gasteiger partial charge in [-0.05, 0) is 99.2 Å². The van der Waals surface area contributed by atoms with E-state index in [2.05, 4.69) is 144 Å². The smallest absolute Gasteiger partial charge is 0.239 e. The molecule has 0 fully saturated rings. The number of nitrogens with two attached hydrogens (primary N) is 3. The van der Waals surface area contributed by atoms with Gasteiger partial charge in [-0.1, -0.05) is 108 Å². The number of benzene rings is 5. The largest absolute Gasteiger partial charge is 0.399 e. The highest BCUT2D eigenvalue weighted by molar-refractivity contribution is 6.00. The number of aryl methyl sites for hydroxylation is 3. The van der Waals surface area contributed by atoms with Crippen molar-refractivity contribution in [2.75, 3.05) is 29.5 Å². The first-order valence-corrected chi connectivity index (χ1v) is 23.1. The van der Waals surface area contributed by atoms with Crippen LogP contribution in [-0.4, -0.2) is 23.8 Å². The van der Waals surface area contributed by atoms with Gasteiger partial charge >= 0.3 is 0 Å². The Bertz CT molecular complexity index is 2500. The maximum atomic E-state index is 6.40. The number of unbranched alkanes of at least 4 members (excludes halogenated alkanes) is 9. The number of nitrogen functional groups attached to an aromatic ring is 1. The summed E-state index contributed by atoms with van der Waals surface area (Å²) < 4.78 is 2.29. The third-order valence-electron chi connectivity index (χ3n) is 11.8. The van der Waals surface area contributed by atoms with Crippen molar-refractivity contribution in [2.45, 2.75) is 112 Å². The molecular formula is C54H70N8+2. The third-order valence-corrected chi connectivity index (χ3v) is 11.8. The number of aliphatic imine (C=N–C) groups is 1. The Morgan fingerprint density at radius 1 is 0.629 bits per heavy atom. The van der Waals surface area contributed by atoms with Crippen molar-refractivity contribution in [1.82, 2.24) is 4.98 Å². The first kappa shape index (κ1) is 45.5. The first-order chi connectivity index (χ1) is 30.2. The number of hydrogen-bond donors (Lipinski definition) is 5. The molecule has 62 heavy (non-hydrogen) atoms. The fourth-order valence-corrected chi connectivity index (χ4v) is 8.17. The van der Waals surface area contributed by atoms with Crippen molar-refractivity contribution in [1.29, 1.82) is 0 Å². The molecule has 324 valence electrons. The number of anilines is 3. The molecule has 0 aliphatic heterocycles. The van der Waals surface area contributed by atoms with Crippen LogP contribution in [0, 0.1) is 20.8 Å². The minimum atomic E-state index is 0.752. The lowest BCUT2D eigenvalue weighted by Crippen LogP contribution is -2.71. The standard InChI is InChI=1S/C52H62N8.C2H6/c1-36-29-41(25-26-43(36)53)58-47-31-38(3)45(34-48(47)57-40-21-15-13-16-22-40)55-27-19-11-9-7-5-6-8-10-12-20-28-56-46-35-52-50(32-39(46)4)59-49-30-37(2)44(54)33-51(49)60(52)42-23-17-14-18-24-42;1-2/h13-18,21-24,26,29-35,55,57H,5-12,19-20,25,27-28,53H2,1-4H3,(H2,54,56);1-2H3/p+2. The Balaban J connectivity index is 0.00000316. The first-order valence-electron chi connectivity index (χ1n) is 23.1. The van der Waals surface area contributed by atoms with Gasteiger partial charge in [-0.3, -0.25) is 5.32 Å². The van der Waals surface area contributed by atoms with Crippen molar-refractivity contribution in [3.05, 3.63) is 137 Å². The van der Waals surface area contributed by atoms with Crippen LogP contribution in [-0.2, 0) is 0 Å². The van der Waals surface area contributed by atoms with Crippen LogP contribution in [0.3, 0.4) is 0 Å². The lowest BCUT2D eigenvalue weighted by atomic mass is 10.0. The van der Waals surface area contributed by atoms with Crippen LogP contribution in [0.4, 0.5) is 34.1 Å². The van der Waals surface area contributed by atoms with Crippen LogP contribution in [0.5, 0.6) is 0 Å². The van der Waals surface area contributed by atoms with E-state index >= 15 is 0 Å². The summed E-state index contributed by atoms with van der Waals surface area (Å²) in [7, 11) is 0. The lowest BCUT2D eigenvalue weighted by molar-refractivity contribution is -0.538. The number of rotatable bonds is 19. The number of nitrogens with zero attached hydrogens (tertiary/aromatic N) is 3. The normalized spacial score (nSPS) is 13.2. The highest BCUT2D eigenvalue weighted by Gasteiger charge is 2.22. The number of para-hydroxylation sites is 2. The molecule has 1 aliphatic rings. The average molecular weight is 831 g/mol. The molecule has 0 spiro atoms. The van der Waals surface area contributed by atoms with Crippen molar-refractivity contribution >= 4 is 61.9 Å². The quantitative estimate of drug-likeness (QED) is 0.0241. The van der Waals surface area contributed by atoms with E-state index in [1.54, 1.807) is 0 Å². The molecule has 8 nitrogen and oxygen atoms in total. The monoisotopic (exact) mass is 831 g/mol. The molecule has 0 radical (unpaired) electrons. The zero-order chi connectivity index (χ0) is 43.8. The fraction of sp³-hybridized carbons (Fsp3) is 0.352. The van der Waals surface area contributed by atoms with Gasteiger partial charge in [0, 0.05) is 78.3 Å². The molecular weight excluding hydrogens is 761 g/mol. The fourth-order valence-electron chi connectivity index (χ4n) is 8.17. The van der Waals surface area contributed by atoms with E-state index in [0.29, 0.717) is 0 Å². The molecule has 7 rings (SSSR count). The number of hydrogen-bond acceptors (Lipinski definition) is 6. The van der Waals surface area contributed by atoms with Crippen LogP contribution in [0.1, 0.15) is 108 Å². The Morgan fingerprint density at radius 3 is 1.77 bits per heavy atom. The summed E-state index contributed by atoms with van der Waals surface area (Å²) in [5.74, 6) is 0. The van der Waals surface area contributed by atoms with Gasteiger partial charge in [-0.25, -0.2) is 9.98 Å². The Hall–Kier alpha value is -5.99. The molecule has 0 unspecified atom stereocenters. The van der Waals surface area contributed by atoms with Gasteiger partial charge in [-0.2, -0.15) is 0 Å². The Kier molecular flexibility index (Phi) is 16.7. The summed E-state index contributed by atoms with van der Waals surface area (Å²) in [5, 5.41) is 9.72. The molecule has 6 aromatic rings. The molecule has 0 amide bonds. The van der Waals surface area contributed by atoms with Crippen LogP contribution >= 0.6 is 0 Å². The summed E-state index contributed by atoms with van der Waals surface area (Å²) >= 11 is 0. The van der Waals surface area contributed by atoms with Gasteiger partial charge in [0.25, 0.3) is 0 Å². The predicted octanol–water partition coefficient (Wildman–Crippen LogP) is 12.4. The summed E-state index contributed by atoms with van der Waals surface area (Å²) in [6, 6.07) is 34.1. The second kappa shape index (κ2) is 22.7. The van der Waals surface area contributed by atoms with Gasteiger partial charge < -0.3 is 22.1 Å². The third kappa shape index (κ3) is 12.1. The molecule has 8 N–H and O–H groups in total. The van der Waals surface area contributed by atoms with E-state index in [9.17, 15) is 0 Å². The van der Waals surface area contributed by atoms with Crippen molar-refractivity contribution < 1.29 is 9.88 Å². The van der Waals surface area contributed by atoms with Crippen LogP contribution in [0.2, 0.25) is 0 Å². The Morgan fingerprint density at radius 2 is 1.16 bits per heavy atom. The van der Waals surface area contributed by atoms with Gasteiger partial charge in [0.05, 0.1) is 0 Å². The minimum absolute atomic E-state index is 0.752. The van der Waals surface area contributed by atoms with Crippen LogP contribution < -0.4 is 32.0 Å². The Labute approximate surface area is 370 Å². The zero-order valence-electron chi connectivity index (χ0n) is 38.2. The van der Waals surface area contributed by atoms with Gasteiger partial charge in [0.1, 0.15) is 22.4 Å². The molecule has 0 bridgehead atoms. The van der Waals surface area contributed by atoms with E-state index in [4.69, 9.17) is 21.4 Å². The maximum absolute atomic E-state index is 6.40. The molecule has 1 aromatic heterocycles. The zero-order valence-corrected chi connectivity index (χ0v) is 38.2. The number of aromatic nitrogens is 2. The SMILES string of the molecule is CC.CC1=CC(=Nc2cc(C)c(NCCCCCCCCCCCCNc3cc4c(cc3C)nc3cc(C)c(N)cc3[n+]4-c3ccccc3)cc2[NH2+]c2ccccc2)CC=C1N. The molecule has 1 aliphatic carbocycles. The highest BCUT2D eigenvalue weighted by Crippen LogP contribution is 2.31. The number of nitrogens with one attached hydrogen (secondary N) is 2. The lowest BCUT2D eigenvalue weighted by Gasteiger charge is -2.14. The van der Waals surface area contributed by atoms with Crippen molar-refractivity contribution in [3.8, 4) is 5.69 Å². The second-order valence-electron chi connectivity index (χ2n) is 16.6. The predicted molar refractivity (Wildman–Crippen MR) is 266 cm³/mol. The number of quaternary nitrogens is 1. The maximum Gasteiger partial charge on any atom is 0.239 e. The summed E-state index contributed by atoms with van der Waals surface area (Å²) in [6.07, 6.45) is 17.7. The summed E-state index contributed by atoms with van der Waals surface area (Å²) in [5.41, 5.74) is 30.5. The van der Waals surface area contributed by atoms with Crippen molar-refractivity contribution in [3.63, 3.8) is 0 Å². The molecule has 0 saturated heterocycles. The van der Waals surface area contributed by atoms with Crippen molar-refractivity contribution in [2.24, 2.45) is 10.7 Å². The minimum Gasteiger partial charge on any atom is -0.399 e. The van der Waals surface area contributed by atoms with Crippen LogP contribution in [0.25, 0.3) is 27.8 Å². The van der Waals surface area contributed by atoms with Gasteiger partial charge in [0.15, 0.2) is 5.69 Å². The van der Waals surface area contributed by atoms with E-state index in [-0.39, 0.29) is 0 Å². The summed E-state index contributed by atoms with van der Waals surface area (Å²) in [6.45, 7) is 14.4. The number of allylic oxidation sites excluding steroid dienone is 3. The van der Waals surface area contributed by atoms with E-state index in [1.165, 1.54) is 92.4 Å². The molecule has 8 heteroatoms. The van der Waals surface area contributed by atoms with Crippen LogP contribution in [0.15, 0.2) is 125 Å². The molecule has 1 heterocycles.